The lowest BCUT2D eigenvalue weighted by Gasteiger charge is -2.13. The zero-order chi connectivity index (χ0) is 19.6. The highest BCUT2D eigenvalue weighted by atomic mass is 35.5. The SMILES string of the molecule is CCOC(=O)c1csc2ncnc(Nc3cc(OC)c(C(=O)O)cc3Cl)c12. The number of nitrogens with zero attached hydrogens (tertiary/aromatic N) is 2. The van der Waals surface area contributed by atoms with Crippen molar-refractivity contribution in [2.45, 2.75) is 6.92 Å². The average Bonchev–Trinajstić information content (AvgIpc) is 3.08. The number of aromatic nitrogens is 2. The van der Waals surface area contributed by atoms with Crippen molar-refractivity contribution in [1.29, 1.82) is 0 Å². The van der Waals surface area contributed by atoms with Gasteiger partial charge in [-0.05, 0) is 13.0 Å². The van der Waals surface area contributed by atoms with E-state index in [1.54, 1.807) is 12.3 Å². The minimum absolute atomic E-state index is 0.0661. The number of hydrogen-bond donors (Lipinski definition) is 2. The van der Waals surface area contributed by atoms with Gasteiger partial charge in [-0.1, -0.05) is 11.6 Å². The molecule has 0 atom stereocenters. The Morgan fingerprint density at radius 1 is 1.30 bits per heavy atom. The van der Waals surface area contributed by atoms with Crippen molar-refractivity contribution in [2.75, 3.05) is 19.0 Å². The Bertz CT molecular complexity index is 1040. The quantitative estimate of drug-likeness (QED) is 0.590. The molecule has 0 fully saturated rings. The molecule has 0 aliphatic heterocycles. The van der Waals surface area contributed by atoms with Crippen molar-refractivity contribution >= 4 is 56.6 Å². The van der Waals surface area contributed by atoms with Crippen molar-refractivity contribution in [2.24, 2.45) is 0 Å². The Hall–Kier alpha value is -2.91. The maximum absolute atomic E-state index is 12.2. The van der Waals surface area contributed by atoms with Crippen LogP contribution in [0.4, 0.5) is 11.5 Å². The van der Waals surface area contributed by atoms with Gasteiger partial charge in [-0.15, -0.1) is 11.3 Å². The molecule has 0 saturated heterocycles. The van der Waals surface area contributed by atoms with Gasteiger partial charge in [0.1, 0.15) is 28.3 Å². The first-order valence-corrected chi connectivity index (χ1v) is 8.99. The lowest BCUT2D eigenvalue weighted by atomic mass is 10.1. The second-order valence-corrected chi connectivity index (χ2v) is 6.50. The van der Waals surface area contributed by atoms with Gasteiger partial charge in [0.15, 0.2) is 0 Å². The second-order valence-electron chi connectivity index (χ2n) is 5.23. The van der Waals surface area contributed by atoms with Crippen LogP contribution in [0.5, 0.6) is 5.75 Å². The van der Waals surface area contributed by atoms with Crippen LogP contribution in [-0.2, 0) is 4.74 Å². The molecule has 0 radical (unpaired) electrons. The first kappa shape index (κ1) is 18.9. The molecule has 0 unspecified atom stereocenters. The zero-order valence-corrected chi connectivity index (χ0v) is 15.8. The van der Waals surface area contributed by atoms with Gasteiger partial charge in [0, 0.05) is 11.4 Å². The summed E-state index contributed by atoms with van der Waals surface area (Å²) in [6.07, 6.45) is 1.35. The zero-order valence-electron chi connectivity index (χ0n) is 14.3. The first-order chi connectivity index (χ1) is 13.0. The predicted octanol–water partition coefficient (Wildman–Crippen LogP) is 3.97. The van der Waals surface area contributed by atoms with Gasteiger partial charge in [0.05, 0.1) is 35.4 Å². The number of benzene rings is 1. The Kier molecular flexibility index (Phi) is 5.43. The highest BCUT2D eigenvalue weighted by Gasteiger charge is 2.20. The molecule has 3 aromatic rings. The Morgan fingerprint density at radius 2 is 2.07 bits per heavy atom. The van der Waals surface area contributed by atoms with Crippen LogP contribution in [0, 0.1) is 0 Å². The Labute approximate surface area is 162 Å². The third-order valence-electron chi connectivity index (χ3n) is 3.64. The van der Waals surface area contributed by atoms with E-state index in [4.69, 9.17) is 21.1 Å². The molecule has 2 aromatic heterocycles. The summed E-state index contributed by atoms with van der Waals surface area (Å²) < 4.78 is 10.2. The van der Waals surface area contributed by atoms with E-state index in [2.05, 4.69) is 15.3 Å². The van der Waals surface area contributed by atoms with Crippen molar-refractivity contribution < 1.29 is 24.2 Å². The number of carboxylic acids is 1. The predicted molar refractivity (Wildman–Crippen MR) is 102 cm³/mol. The van der Waals surface area contributed by atoms with E-state index >= 15 is 0 Å². The van der Waals surface area contributed by atoms with E-state index in [-0.39, 0.29) is 22.9 Å². The molecule has 8 nitrogen and oxygen atoms in total. The number of fused-ring (bicyclic) bond motifs is 1. The highest BCUT2D eigenvalue weighted by molar-refractivity contribution is 7.17. The summed E-state index contributed by atoms with van der Waals surface area (Å²) in [7, 11) is 1.36. The number of hydrogen-bond acceptors (Lipinski definition) is 8. The van der Waals surface area contributed by atoms with E-state index in [9.17, 15) is 14.7 Å². The van der Waals surface area contributed by atoms with Crippen molar-refractivity contribution in [1.82, 2.24) is 9.97 Å². The van der Waals surface area contributed by atoms with Crippen molar-refractivity contribution in [3.8, 4) is 5.75 Å². The first-order valence-electron chi connectivity index (χ1n) is 7.73. The van der Waals surface area contributed by atoms with Gasteiger partial charge in [-0.25, -0.2) is 19.6 Å². The smallest absolute Gasteiger partial charge is 0.339 e. The number of ether oxygens (including phenoxy) is 2. The number of nitrogens with one attached hydrogen (secondary N) is 1. The topological polar surface area (TPSA) is 111 Å². The van der Waals surface area contributed by atoms with Gasteiger partial charge in [0.2, 0.25) is 0 Å². The van der Waals surface area contributed by atoms with E-state index < -0.39 is 11.9 Å². The number of halogens is 1. The molecule has 3 rings (SSSR count). The fourth-order valence-electron chi connectivity index (χ4n) is 2.44. The van der Waals surface area contributed by atoms with Gasteiger partial charge >= 0.3 is 11.9 Å². The van der Waals surface area contributed by atoms with Crippen LogP contribution in [0.3, 0.4) is 0 Å². The molecular formula is C17H14ClN3O5S. The van der Waals surface area contributed by atoms with Crippen LogP contribution >= 0.6 is 22.9 Å². The molecule has 2 N–H and O–H groups in total. The summed E-state index contributed by atoms with van der Waals surface area (Å²) in [6, 6.07) is 2.74. The fraction of sp³-hybridized carbons (Fsp3) is 0.176. The summed E-state index contributed by atoms with van der Waals surface area (Å²) in [5.74, 6) is -1.16. The largest absolute Gasteiger partial charge is 0.496 e. The minimum Gasteiger partial charge on any atom is -0.496 e. The number of thiophene rings is 1. The van der Waals surface area contributed by atoms with E-state index in [0.29, 0.717) is 27.3 Å². The van der Waals surface area contributed by atoms with Crippen LogP contribution in [0.2, 0.25) is 5.02 Å². The number of methoxy groups -OCH3 is 1. The molecule has 27 heavy (non-hydrogen) atoms. The molecule has 0 bridgehead atoms. The van der Waals surface area contributed by atoms with Gasteiger partial charge in [-0.3, -0.25) is 0 Å². The third kappa shape index (κ3) is 3.64. The summed E-state index contributed by atoms with van der Waals surface area (Å²) >= 11 is 7.50. The standard InChI is InChI=1S/C17H14ClN3O5S/c1-3-26-17(24)9-6-27-15-13(9)14(19-7-20-15)21-11-5-12(25-2)8(16(22)23)4-10(11)18/h4-7H,3H2,1-2H3,(H,22,23)(H,19,20,21). The molecule has 10 heteroatoms. The molecular weight excluding hydrogens is 394 g/mol. The second kappa shape index (κ2) is 7.77. The van der Waals surface area contributed by atoms with Crippen LogP contribution < -0.4 is 10.1 Å². The molecule has 1 aromatic carbocycles. The number of esters is 1. The number of carboxylic acid groups (broad SMARTS) is 1. The van der Waals surface area contributed by atoms with Gasteiger partial charge in [0.25, 0.3) is 0 Å². The summed E-state index contributed by atoms with van der Waals surface area (Å²) in [5.41, 5.74) is 0.647. The lowest BCUT2D eigenvalue weighted by molar-refractivity contribution is 0.0528. The minimum atomic E-state index is -1.16. The normalized spacial score (nSPS) is 10.6. The number of carbonyl (C=O) groups is 2. The van der Waals surface area contributed by atoms with Crippen molar-refractivity contribution in [3.63, 3.8) is 0 Å². The van der Waals surface area contributed by atoms with Crippen LogP contribution in [0.1, 0.15) is 27.6 Å². The Balaban J connectivity index is 2.08. The van der Waals surface area contributed by atoms with Crippen LogP contribution in [0.15, 0.2) is 23.8 Å². The molecule has 0 aliphatic rings. The van der Waals surface area contributed by atoms with Gasteiger partial charge < -0.3 is 19.9 Å². The molecule has 2 heterocycles. The molecule has 0 amide bonds. The van der Waals surface area contributed by atoms with E-state index in [0.717, 1.165) is 0 Å². The third-order valence-corrected chi connectivity index (χ3v) is 4.84. The Morgan fingerprint density at radius 3 is 2.74 bits per heavy atom. The number of anilines is 2. The lowest BCUT2D eigenvalue weighted by Crippen LogP contribution is -2.06. The number of rotatable bonds is 6. The molecule has 0 saturated carbocycles. The van der Waals surface area contributed by atoms with Crippen molar-refractivity contribution in [3.05, 3.63) is 40.0 Å². The number of aromatic carboxylic acids is 1. The summed E-state index contributed by atoms with van der Waals surface area (Å²) in [6.45, 7) is 1.96. The molecule has 0 aliphatic carbocycles. The van der Waals surface area contributed by atoms with Crippen LogP contribution in [-0.4, -0.2) is 40.7 Å². The van der Waals surface area contributed by atoms with E-state index in [1.807, 2.05) is 0 Å². The summed E-state index contributed by atoms with van der Waals surface area (Å²) in [5, 5.41) is 14.6. The molecule has 140 valence electrons. The van der Waals surface area contributed by atoms with E-state index in [1.165, 1.54) is 36.9 Å². The highest BCUT2D eigenvalue weighted by Crippen LogP contribution is 2.36. The average molecular weight is 408 g/mol. The number of carbonyl (C=O) groups excluding carboxylic acids is 1. The summed E-state index contributed by atoms with van der Waals surface area (Å²) in [4.78, 5) is 32.5. The maximum Gasteiger partial charge on any atom is 0.339 e. The van der Waals surface area contributed by atoms with Gasteiger partial charge in [-0.2, -0.15) is 0 Å². The fourth-order valence-corrected chi connectivity index (χ4v) is 3.53. The molecule has 0 spiro atoms. The maximum atomic E-state index is 12.2. The monoisotopic (exact) mass is 407 g/mol. The van der Waals surface area contributed by atoms with Crippen LogP contribution in [0.25, 0.3) is 10.2 Å².